The Kier molecular flexibility index (Phi) is 7.56. The SMILES string of the molecule is COC(=O)c1c(OC)cccc1Oc1ccc(COCc2ccc(C3CC(=O)NS3(=O)=O)cc2)cc1. The molecule has 0 aromatic heterocycles. The third kappa shape index (κ3) is 5.67. The molecule has 1 fully saturated rings. The molecule has 1 unspecified atom stereocenters. The Morgan fingerprint density at radius 3 is 2.08 bits per heavy atom. The Balaban J connectivity index is 1.33. The summed E-state index contributed by atoms with van der Waals surface area (Å²) in [6.45, 7) is 0.684. The van der Waals surface area contributed by atoms with Crippen molar-refractivity contribution in [2.24, 2.45) is 0 Å². The topological polar surface area (TPSA) is 117 Å². The minimum absolute atomic E-state index is 0.0697. The third-order valence-corrected chi connectivity index (χ3v) is 7.34. The van der Waals surface area contributed by atoms with Crippen LogP contribution in [-0.4, -0.2) is 34.5 Å². The third-order valence-electron chi connectivity index (χ3n) is 5.64. The smallest absolute Gasteiger partial charge is 0.345 e. The molecule has 1 saturated heterocycles. The molecule has 0 radical (unpaired) electrons. The summed E-state index contributed by atoms with van der Waals surface area (Å²) in [5.41, 5.74) is 2.56. The largest absolute Gasteiger partial charge is 0.496 e. The van der Waals surface area contributed by atoms with Crippen LogP contribution in [0.5, 0.6) is 17.2 Å². The van der Waals surface area contributed by atoms with Gasteiger partial charge in [0.2, 0.25) is 15.9 Å². The van der Waals surface area contributed by atoms with Crippen molar-refractivity contribution in [2.45, 2.75) is 24.9 Å². The lowest BCUT2D eigenvalue weighted by atomic mass is 10.1. The molecule has 0 aliphatic carbocycles. The summed E-state index contributed by atoms with van der Waals surface area (Å²) in [7, 11) is -0.901. The average Bonchev–Trinajstić information content (AvgIpc) is 3.16. The van der Waals surface area contributed by atoms with Crippen LogP contribution in [0.15, 0.2) is 66.7 Å². The zero-order valence-corrected chi connectivity index (χ0v) is 20.5. The van der Waals surface area contributed by atoms with Gasteiger partial charge >= 0.3 is 5.97 Å². The molecule has 0 spiro atoms. The Morgan fingerprint density at radius 1 is 0.917 bits per heavy atom. The van der Waals surface area contributed by atoms with E-state index >= 15 is 0 Å². The Hall–Kier alpha value is -3.89. The summed E-state index contributed by atoms with van der Waals surface area (Å²) in [6.07, 6.45) is -0.0697. The lowest BCUT2D eigenvalue weighted by Crippen LogP contribution is -2.21. The molecule has 188 valence electrons. The van der Waals surface area contributed by atoms with Gasteiger partial charge in [-0.25, -0.2) is 13.2 Å². The van der Waals surface area contributed by atoms with E-state index in [1.807, 2.05) is 16.9 Å². The molecule has 36 heavy (non-hydrogen) atoms. The molecule has 1 amide bonds. The second kappa shape index (κ2) is 10.8. The minimum atomic E-state index is -3.66. The van der Waals surface area contributed by atoms with E-state index < -0.39 is 27.1 Å². The first-order chi connectivity index (χ1) is 17.3. The fraction of sp³-hybridized carbons (Fsp3) is 0.231. The summed E-state index contributed by atoms with van der Waals surface area (Å²) in [6, 6.07) is 19.3. The molecule has 1 heterocycles. The van der Waals surface area contributed by atoms with Gasteiger partial charge in [-0.1, -0.05) is 42.5 Å². The predicted molar refractivity (Wildman–Crippen MR) is 130 cm³/mol. The van der Waals surface area contributed by atoms with Crippen LogP contribution in [0, 0.1) is 0 Å². The molecule has 1 aliphatic rings. The van der Waals surface area contributed by atoms with Crippen molar-refractivity contribution in [3.05, 3.63) is 89.0 Å². The van der Waals surface area contributed by atoms with Gasteiger partial charge in [0.25, 0.3) is 0 Å². The van der Waals surface area contributed by atoms with Crippen molar-refractivity contribution in [2.75, 3.05) is 14.2 Å². The van der Waals surface area contributed by atoms with Crippen LogP contribution >= 0.6 is 0 Å². The van der Waals surface area contributed by atoms with E-state index in [1.165, 1.54) is 14.2 Å². The van der Waals surface area contributed by atoms with E-state index in [9.17, 15) is 18.0 Å². The molecular weight excluding hydrogens is 486 g/mol. The Bertz CT molecular complexity index is 1350. The number of hydrogen-bond acceptors (Lipinski definition) is 8. The molecule has 0 bridgehead atoms. The second-order valence-electron chi connectivity index (χ2n) is 8.07. The summed E-state index contributed by atoms with van der Waals surface area (Å²) >= 11 is 0. The second-order valence-corrected chi connectivity index (χ2v) is 9.93. The lowest BCUT2D eigenvalue weighted by molar-refractivity contribution is -0.118. The molecule has 3 aromatic rings. The highest BCUT2D eigenvalue weighted by Gasteiger charge is 2.37. The fourth-order valence-corrected chi connectivity index (χ4v) is 5.24. The summed E-state index contributed by atoms with van der Waals surface area (Å²) < 4.78 is 47.8. The number of hydrogen-bond donors (Lipinski definition) is 1. The Morgan fingerprint density at radius 2 is 1.53 bits per heavy atom. The van der Waals surface area contributed by atoms with Gasteiger partial charge in [-0.15, -0.1) is 0 Å². The maximum absolute atomic E-state index is 12.2. The summed E-state index contributed by atoms with van der Waals surface area (Å²) in [4.78, 5) is 23.6. The van der Waals surface area contributed by atoms with Gasteiger partial charge in [0, 0.05) is 0 Å². The van der Waals surface area contributed by atoms with Crippen molar-refractivity contribution in [3.8, 4) is 17.2 Å². The van der Waals surface area contributed by atoms with Crippen LogP contribution in [0.25, 0.3) is 0 Å². The highest BCUT2D eigenvalue weighted by Crippen LogP contribution is 2.33. The molecule has 0 saturated carbocycles. The van der Waals surface area contributed by atoms with Gasteiger partial charge in [-0.05, 0) is 41.0 Å². The lowest BCUT2D eigenvalue weighted by Gasteiger charge is -2.13. The summed E-state index contributed by atoms with van der Waals surface area (Å²) in [5, 5.41) is -0.860. The first-order valence-corrected chi connectivity index (χ1v) is 12.6. The van der Waals surface area contributed by atoms with Gasteiger partial charge < -0.3 is 18.9 Å². The molecule has 4 rings (SSSR count). The quantitative estimate of drug-likeness (QED) is 0.430. The summed E-state index contributed by atoms with van der Waals surface area (Å²) in [5.74, 6) is 0.154. The van der Waals surface area contributed by atoms with Crippen LogP contribution in [0.2, 0.25) is 0 Å². The van der Waals surface area contributed by atoms with Crippen molar-refractivity contribution >= 4 is 21.9 Å². The maximum Gasteiger partial charge on any atom is 0.345 e. The van der Waals surface area contributed by atoms with Crippen LogP contribution in [0.3, 0.4) is 0 Å². The number of sulfonamides is 1. The highest BCUT2D eigenvalue weighted by atomic mass is 32.2. The van der Waals surface area contributed by atoms with Crippen molar-refractivity contribution in [1.29, 1.82) is 0 Å². The van der Waals surface area contributed by atoms with Crippen molar-refractivity contribution < 1.29 is 37.0 Å². The van der Waals surface area contributed by atoms with Gasteiger partial charge in [-0.3, -0.25) is 9.52 Å². The van der Waals surface area contributed by atoms with Gasteiger partial charge in [0.05, 0.1) is 33.9 Å². The van der Waals surface area contributed by atoms with Crippen LogP contribution in [0.4, 0.5) is 0 Å². The van der Waals surface area contributed by atoms with E-state index in [-0.39, 0.29) is 12.0 Å². The normalized spacial score (nSPS) is 16.3. The van der Waals surface area contributed by atoms with E-state index in [0.29, 0.717) is 36.0 Å². The van der Waals surface area contributed by atoms with Gasteiger partial charge in [-0.2, -0.15) is 0 Å². The van der Waals surface area contributed by atoms with E-state index in [2.05, 4.69) is 0 Å². The predicted octanol–water partition coefficient (Wildman–Crippen LogP) is 3.88. The number of amides is 1. The number of carbonyl (C=O) groups excluding carboxylic acids is 2. The molecule has 3 aromatic carbocycles. The standard InChI is InChI=1S/C26H25NO8S/c1-32-21-4-3-5-22(25(21)26(29)33-2)35-20-12-8-18(9-13-20)16-34-15-17-6-10-19(11-7-17)23-14-24(28)27-36(23,30)31/h3-13,23H,14-16H2,1-2H3,(H,27,28). The highest BCUT2D eigenvalue weighted by molar-refractivity contribution is 7.90. The molecule has 1 aliphatic heterocycles. The number of esters is 1. The molecule has 1 N–H and O–H groups in total. The molecular formula is C26H25NO8S. The average molecular weight is 512 g/mol. The molecule has 1 atom stereocenters. The van der Waals surface area contributed by atoms with Crippen molar-refractivity contribution in [3.63, 3.8) is 0 Å². The van der Waals surface area contributed by atoms with E-state index in [0.717, 1.165) is 11.1 Å². The van der Waals surface area contributed by atoms with Crippen LogP contribution < -0.4 is 14.2 Å². The molecule has 10 heteroatoms. The van der Waals surface area contributed by atoms with Crippen LogP contribution in [0.1, 0.15) is 38.7 Å². The number of nitrogens with one attached hydrogen (secondary N) is 1. The monoisotopic (exact) mass is 511 g/mol. The number of methoxy groups -OCH3 is 2. The zero-order valence-electron chi connectivity index (χ0n) is 19.7. The zero-order chi connectivity index (χ0) is 25.7. The van der Waals surface area contributed by atoms with E-state index in [4.69, 9.17) is 18.9 Å². The Labute approximate surface area is 209 Å². The number of rotatable bonds is 9. The van der Waals surface area contributed by atoms with Gasteiger partial charge in [0.1, 0.15) is 28.1 Å². The fourth-order valence-electron chi connectivity index (χ4n) is 3.81. The number of benzene rings is 3. The van der Waals surface area contributed by atoms with E-state index in [1.54, 1.807) is 54.6 Å². The minimum Gasteiger partial charge on any atom is -0.496 e. The number of carbonyl (C=O) groups is 2. The maximum atomic E-state index is 12.2. The van der Waals surface area contributed by atoms with Crippen molar-refractivity contribution in [1.82, 2.24) is 4.72 Å². The van der Waals surface area contributed by atoms with Crippen LogP contribution in [-0.2, 0) is 37.5 Å². The van der Waals surface area contributed by atoms with Gasteiger partial charge in [0.15, 0.2) is 0 Å². The first kappa shape index (κ1) is 25.2. The number of ether oxygens (including phenoxy) is 4. The first-order valence-electron chi connectivity index (χ1n) is 11.0. The molecule has 9 nitrogen and oxygen atoms in total.